The Morgan fingerprint density at radius 1 is 0.692 bits per heavy atom. The number of rotatable bonds is 0. The molecule has 0 saturated heterocycles. The van der Waals surface area contributed by atoms with Crippen molar-refractivity contribution >= 4 is 0 Å². The maximum atomic E-state index is 3.00. The highest BCUT2D eigenvalue weighted by Gasteiger charge is 1.58. The lowest BCUT2D eigenvalue weighted by molar-refractivity contribution is 0.505. The second kappa shape index (κ2) is 17.1. The molecule has 0 aliphatic rings. The average Bonchev–Trinajstić information content (AvgIpc) is 2.10. The minimum Gasteiger partial charge on any atom is -0.344 e. The highest BCUT2D eigenvalue weighted by atomic mass is 15.0. The number of hydrogen-bond acceptors (Lipinski definition) is 2. The van der Waals surface area contributed by atoms with E-state index in [-0.39, 0.29) is 6.15 Å². The lowest BCUT2D eigenvalue weighted by Gasteiger charge is -1.90. The van der Waals surface area contributed by atoms with Crippen LogP contribution in [0, 0.1) is 0 Å². The summed E-state index contributed by atoms with van der Waals surface area (Å²) in [6, 6.07) is 12.0. The fourth-order valence-corrected chi connectivity index (χ4v) is 0.385. The Kier molecular flexibility index (Phi) is 23.5. The SMILES string of the molecule is C=C.CN(C)C.N.c1ccccc1. The van der Waals surface area contributed by atoms with Crippen LogP contribution in [0.3, 0.4) is 0 Å². The van der Waals surface area contributed by atoms with Gasteiger partial charge >= 0.3 is 0 Å². The maximum absolute atomic E-state index is 3.00. The van der Waals surface area contributed by atoms with Crippen molar-refractivity contribution in [1.82, 2.24) is 11.1 Å². The van der Waals surface area contributed by atoms with Gasteiger partial charge in [-0.25, -0.2) is 0 Å². The molecular weight excluding hydrogens is 160 g/mol. The van der Waals surface area contributed by atoms with Crippen molar-refractivity contribution < 1.29 is 0 Å². The van der Waals surface area contributed by atoms with Crippen molar-refractivity contribution in [3.63, 3.8) is 0 Å². The largest absolute Gasteiger partial charge is 0.344 e. The third-order valence-electron chi connectivity index (χ3n) is 0.667. The monoisotopic (exact) mass is 182 g/mol. The lowest BCUT2D eigenvalue weighted by atomic mass is 10.4. The highest BCUT2D eigenvalue weighted by Crippen LogP contribution is 1.79. The van der Waals surface area contributed by atoms with Crippen molar-refractivity contribution in [2.45, 2.75) is 0 Å². The van der Waals surface area contributed by atoms with E-state index >= 15 is 0 Å². The second-order valence-corrected chi connectivity index (χ2v) is 2.50. The first-order valence-corrected chi connectivity index (χ1v) is 3.84. The Bertz CT molecular complexity index is 120. The molecule has 0 aliphatic heterocycles. The third-order valence-corrected chi connectivity index (χ3v) is 0.667. The van der Waals surface area contributed by atoms with Gasteiger partial charge in [0.1, 0.15) is 0 Å². The molecule has 0 fully saturated rings. The minimum atomic E-state index is 0. The Hall–Kier alpha value is -1.12. The first-order valence-electron chi connectivity index (χ1n) is 3.84. The highest BCUT2D eigenvalue weighted by molar-refractivity contribution is 4.99. The van der Waals surface area contributed by atoms with Gasteiger partial charge in [-0.1, -0.05) is 36.4 Å². The van der Waals surface area contributed by atoms with Gasteiger partial charge in [0.05, 0.1) is 0 Å². The summed E-state index contributed by atoms with van der Waals surface area (Å²) >= 11 is 0. The van der Waals surface area contributed by atoms with E-state index in [4.69, 9.17) is 0 Å². The van der Waals surface area contributed by atoms with Gasteiger partial charge in [-0.2, -0.15) is 0 Å². The number of nitrogens with zero attached hydrogens (tertiary/aromatic N) is 1. The summed E-state index contributed by atoms with van der Waals surface area (Å²) in [5.41, 5.74) is 0. The van der Waals surface area contributed by atoms with Crippen LogP contribution in [0.2, 0.25) is 0 Å². The average molecular weight is 182 g/mol. The van der Waals surface area contributed by atoms with Gasteiger partial charge in [-0.15, -0.1) is 13.2 Å². The van der Waals surface area contributed by atoms with Crippen LogP contribution >= 0.6 is 0 Å². The molecule has 0 bridgehead atoms. The molecule has 2 nitrogen and oxygen atoms in total. The molecule has 1 rings (SSSR count). The zero-order valence-corrected chi connectivity index (χ0v) is 9.03. The van der Waals surface area contributed by atoms with Crippen LogP contribution in [0.5, 0.6) is 0 Å². The van der Waals surface area contributed by atoms with E-state index in [0.717, 1.165) is 0 Å². The van der Waals surface area contributed by atoms with Gasteiger partial charge in [0.2, 0.25) is 0 Å². The molecule has 3 N–H and O–H groups in total. The predicted octanol–water partition coefficient (Wildman–Crippen LogP) is 2.83. The van der Waals surface area contributed by atoms with Crippen molar-refractivity contribution in [3.05, 3.63) is 49.6 Å². The second-order valence-electron chi connectivity index (χ2n) is 2.50. The van der Waals surface area contributed by atoms with E-state index in [0.29, 0.717) is 0 Å². The molecule has 0 unspecified atom stereocenters. The molecule has 0 radical (unpaired) electrons. The van der Waals surface area contributed by atoms with Crippen LogP contribution in [0.25, 0.3) is 0 Å². The Labute approximate surface area is 82.5 Å². The maximum Gasteiger partial charge on any atom is -0.0140 e. The quantitative estimate of drug-likeness (QED) is 0.626. The minimum absolute atomic E-state index is 0. The van der Waals surface area contributed by atoms with Gasteiger partial charge in [0, 0.05) is 0 Å². The zero-order chi connectivity index (χ0) is 9.82. The molecule has 1 aromatic carbocycles. The van der Waals surface area contributed by atoms with Gasteiger partial charge in [-0.05, 0) is 21.1 Å². The van der Waals surface area contributed by atoms with Gasteiger partial charge in [0.15, 0.2) is 0 Å². The molecule has 0 aliphatic carbocycles. The fraction of sp³-hybridized carbons (Fsp3) is 0.273. The summed E-state index contributed by atoms with van der Waals surface area (Å²) in [7, 11) is 6.00. The molecule has 13 heavy (non-hydrogen) atoms. The van der Waals surface area contributed by atoms with Crippen LogP contribution in [-0.2, 0) is 0 Å². The van der Waals surface area contributed by atoms with Gasteiger partial charge < -0.3 is 11.1 Å². The molecule has 0 saturated carbocycles. The van der Waals surface area contributed by atoms with E-state index in [1.165, 1.54) is 0 Å². The normalized spacial score (nSPS) is 6.77. The lowest BCUT2D eigenvalue weighted by Crippen LogP contribution is -1.99. The molecule has 76 valence electrons. The fourth-order valence-electron chi connectivity index (χ4n) is 0.385. The zero-order valence-electron chi connectivity index (χ0n) is 9.03. The summed E-state index contributed by atoms with van der Waals surface area (Å²) in [6.07, 6.45) is 0. The first-order chi connectivity index (χ1) is 5.73. The van der Waals surface area contributed by atoms with E-state index in [2.05, 4.69) is 13.2 Å². The van der Waals surface area contributed by atoms with Crippen molar-refractivity contribution in [2.24, 2.45) is 0 Å². The van der Waals surface area contributed by atoms with E-state index in [1.54, 1.807) is 0 Å². The van der Waals surface area contributed by atoms with Crippen LogP contribution in [-0.4, -0.2) is 26.0 Å². The van der Waals surface area contributed by atoms with Crippen LogP contribution < -0.4 is 6.15 Å². The summed E-state index contributed by atoms with van der Waals surface area (Å²) in [6.45, 7) is 6.00. The van der Waals surface area contributed by atoms with E-state index in [9.17, 15) is 0 Å². The van der Waals surface area contributed by atoms with Crippen LogP contribution in [0.15, 0.2) is 49.6 Å². The number of benzene rings is 1. The summed E-state index contributed by atoms with van der Waals surface area (Å²) in [4.78, 5) is 2.00. The standard InChI is InChI=1S/C6H6.C3H9N.C2H4.H3N/c1-2-4-6-5-3-1;1-4(2)3;1-2;/h1-6H;1-3H3;1-2H2;1H3. The molecule has 0 heterocycles. The molecule has 0 amide bonds. The molecule has 0 spiro atoms. The molecule has 0 atom stereocenters. The Balaban J connectivity index is -0.000000128. The van der Waals surface area contributed by atoms with Crippen molar-refractivity contribution in [1.29, 1.82) is 0 Å². The summed E-state index contributed by atoms with van der Waals surface area (Å²) in [5.74, 6) is 0. The topological polar surface area (TPSA) is 38.2 Å². The molecule has 1 aromatic rings. The van der Waals surface area contributed by atoms with Crippen molar-refractivity contribution in [2.75, 3.05) is 21.1 Å². The third kappa shape index (κ3) is 36.0. The Morgan fingerprint density at radius 3 is 0.846 bits per heavy atom. The van der Waals surface area contributed by atoms with Gasteiger partial charge in [-0.3, -0.25) is 0 Å². The Morgan fingerprint density at radius 2 is 0.769 bits per heavy atom. The summed E-state index contributed by atoms with van der Waals surface area (Å²) < 4.78 is 0. The van der Waals surface area contributed by atoms with Crippen molar-refractivity contribution in [3.8, 4) is 0 Å². The molecule has 2 heteroatoms. The van der Waals surface area contributed by atoms with Crippen LogP contribution in [0.4, 0.5) is 0 Å². The molecular formula is C11H22N2. The number of hydrogen-bond donors (Lipinski definition) is 1. The van der Waals surface area contributed by atoms with Gasteiger partial charge in [0.25, 0.3) is 0 Å². The van der Waals surface area contributed by atoms with E-state index < -0.39 is 0 Å². The van der Waals surface area contributed by atoms with Crippen LogP contribution in [0.1, 0.15) is 0 Å². The predicted molar refractivity (Wildman–Crippen MR) is 62.3 cm³/mol. The van der Waals surface area contributed by atoms with E-state index in [1.807, 2.05) is 62.4 Å². The summed E-state index contributed by atoms with van der Waals surface area (Å²) in [5, 5.41) is 0. The first kappa shape index (κ1) is 17.8. The molecule has 0 aromatic heterocycles. The smallest absolute Gasteiger partial charge is 0.0140 e.